The van der Waals surface area contributed by atoms with Crippen molar-refractivity contribution in [3.63, 3.8) is 0 Å². The van der Waals surface area contributed by atoms with E-state index >= 15 is 0 Å². The third-order valence-corrected chi connectivity index (χ3v) is 4.93. The van der Waals surface area contributed by atoms with Crippen molar-refractivity contribution >= 4 is 22.6 Å². The molecule has 1 aliphatic heterocycles. The van der Waals surface area contributed by atoms with Crippen LogP contribution in [0.15, 0.2) is 28.7 Å². The Hall–Kier alpha value is -1.03. The summed E-state index contributed by atoms with van der Waals surface area (Å²) in [5.41, 5.74) is 0.912. The van der Waals surface area contributed by atoms with E-state index in [2.05, 4.69) is 30.1 Å². The van der Waals surface area contributed by atoms with Crippen molar-refractivity contribution in [2.24, 2.45) is 0 Å². The van der Waals surface area contributed by atoms with Gasteiger partial charge in [0.1, 0.15) is 11.3 Å². The molecule has 21 heavy (non-hydrogen) atoms. The summed E-state index contributed by atoms with van der Waals surface area (Å²) in [6.07, 6.45) is 2.57. The van der Waals surface area contributed by atoms with E-state index < -0.39 is 0 Å². The maximum atomic E-state index is 6.07. The minimum absolute atomic E-state index is 0.0168. The molecule has 0 spiro atoms. The monoisotopic (exact) mass is 306 g/mol. The van der Waals surface area contributed by atoms with Crippen LogP contribution in [-0.2, 0) is 0 Å². The minimum Gasteiger partial charge on any atom is -0.459 e. The van der Waals surface area contributed by atoms with Gasteiger partial charge in [-0.25, -0.2) is 0 Å². The van der Waals surface area contributed by atoms with Crippen LogP contribution in [0, 0.1) is 0 Å². The maximum absolute atomic E-state index is 6.07. The zero-order valence-corrected chi connectivity index (χ0v) is 13.7. The summed E-state index contributed by atoms with van der Waals surface area (Å²) < 4.78 is 6.07. The first-order valence-corrected chi connectivity index (χ1v) is 8.01. The Morgan fingerprint density at radius 3 is 2.62 bits per heavy atom. The molecule has 2 heterocycles. The molecule has 0 bridgehead atoms. The molecule has 3 rings (SSSR count). The largest absolute Gasteiger partial charge is 0.459 e. The molecule has 3 nitrogen and oxygen atoms in total. The van der Waals surface area contributed by atoms with Crippen molar-refractivity contribution in [3.8, 4) is 0 Å². The van der Waals surface area contributed by atoms with Gasteiger partial charge in [-0.2, -0.15) is 0 Å². The first kappa shape index (κ1) is 14.9. The summed E-state index contributed by atoms with van der Waals surface area (Å²) in [5, 5.41) is 5.25. The predicted molar refractivity (Wildman–Crippen MR) is 87.9 cm³/mol. The van der Waals surface area contributed by atoms with Crippen LogP contribution >= 0.6 is 11.6 Å². The fraction of sp³-hybridized carbons (Fsp3) is 0.529. The summed E-state index contributed by atoms with van der Waals surface area (Å²) in [6, 6.07) is 8.04. The van der Waals surface area contributed by atoms with Crippen LogP contribution in [0.5, 0.6) is 0 Å². The van der Waals surface area contributed by atoms with E-state index in [4.69, 9.17) is 16.0 Å². The van der Waals surface area contributed by atoms with Gasteiger partial charge in [-0.15, -0.1) is 0 Å². The Morgan fingerprint density at radius 1 is 1.24 bits per heavy atom. The lowest BCUT2D eigenvalue weighted by Gasteiger charge is -2.41. The molecule has 4 heteroatoms. The highest BCUT2D eigenvalue weighted by molar-refractivity contribution is 6.31. The second-order valence-electron chi connectivity index (χ2n) is 6.40. The average molecular weight is 307 g/mol. The molecule has 1 aromatic carbocycles. The summed E-state index contributed by atoms with van der Waals surface area (Å²) in [6.45, 7) is 6.91. The number of furan rings is 1. The van der Waals surface area contributed by atoms with Crippen LogP contribution < -0.4 is 5.32 Å². The van der Waals surface area contributed by atoms with E-state index in [0.717, 1.165) is 34.8 Å². The Morgan fingerprint density at radius 2 is 1.95 bits per heavy atom. The third kappa shape index (κ3) is 2.70. The first-order valence-electron chi connectivity index (χ1n) is 7.63. The number of hydrogen-bond donors (Lipinski definition) is 1. The number of fused-ring (bicyclic) bond motifs is 1. The van der Waals surface area contributed by atoms with E-state index in [9.17, 15) is 0 Å². The molecular formula is C17H23ClN2O. The van der Waals surface area contributed by atoms with Gasteiger partial charge < -0.3 is 9.73 Å². The maximum Gasteiger partial charge on any atom is 0.134 e. The highest BCUT2D eigenvalue weighted by atomic mass is 35.5. The van der Waals surface area contributed by atoms with E-state index in [1.54, 1.807) is 0 Å². The number of likely N-dealkylation sites (N-methyl/N-ethyl adjacent to an activating group) is 1. The molecule has 1 aliphatic rings. The molecule has 0 radical (unpaired) electrons. The third-order valence-electron chi connectivity index (χ3n) is 4.70. The van der Waals surface area contributed by atoms with E-state index in [1.165, 1.54) is 12.8 Å². The van der Waals surface area contributed by atoms with Crippen LogP contribution in [0.3, 0.4) is 0 Å². The van der Waals surface area contributed by atoms with Gasteiger partial charge in [0.2, 0.25) is 0 Å². The van der Waals surface area contributed by atoms with Gasteiger partial charge in [-0.05, 0) is 71.1 Å². The van der Waals surface area contributed by atoms with Crippen molar-refractivity contribution in [1.82, 2.24) is 10.2 Å². The number of hydrogen-bond acceptors (Lipinski definition) is 3. The van der Waals surface area contributed by atoms with E-state index in [-0.39, 0.29) is 11.6 Å². The van der Waals surface area contributed by atoms with Gasteiger partial charge in [0.15, 0.2) is 0 Å². The molecule has 0 aliphatic carbocycles. The fourth-order valence-corrected chi connectivity index (χ4v) is 3.68. The van der Waals surface area contributed by atoms with Crippen LogP contribution in [0.25, 0.3) is 11.0 Å². The summed E-state index contributed by atoms with van der Waals surface area (Å²) in [7, 11) is 2.00. The Kier molecular flexibility index (Phi) is 4.00. The number of likely N-dealkylation sites (tertiary alicyclic amines) is 1. The van der Waals surface area contributed by atoms with Crippen molar-refractivity contribution in [2.45, 2.75) is 38.3 Å². The second kappa shape index (κ2) is 5.64. The standard InChI is InChI=1S/C17H23ClN2O/c1-17(2,20-8-4-5-9-20)16(19-3)15-11-12-10-13(18)6-7-14(12)21-15/h6-7,10-11,16,19H,4-5,8-9H2,1-3H3. The molecule has 1 saturated heterocycles. The van der Waals surface area contributed by atoms with Crippen LogP contribution in [0.4, 0.5) is 0 Å². The normalized spacial score (nSPS) is 18.5. The quantitative estimate of drug-likeness (QED) is 0.916. The molecular weight excluding hydrogens is 284 g/mol. The Balaban J connectivity index is 1.97. The molecule has 1 N–H and O–H groups in total. The molecule has 1 atom stereocenters. The lowest BCUT2D eigenvalue weighted by Crippen LogP contribution is -2.50. The summed E-state index contributed by atoms with van der Waals surface area (Å²) in [5.74, 6) is 0.978. The van der Waals surface area contributed by atoms with Gasteiger partial charge in [0.25, 0.3) is 0 Å². The lowest BCUT2D eigenvalue weighted by atomic mass is 9.90. The van der Waals surface area contributed by atoms with Gasteiger partial charge in [0, 0.05) is 15.9 Å². The minimum atomic E-state index is 0.0168. The van der Waals surface area contributed by atoms with Crippen molar-refractivity contribution in [3.05, 3.63) is 35.0 Å². The average Bonchev–Trinajstić information content (AvgIpc) is 3.07. The molecule has 0 saturated carbocycles. The predicted octanol–water partition coefficient (Wildman–Crippen LogP) is 4.22. The zero-order chi connectivity index (χ0) is 15.0. The van der Waals surface area contributed by atoms with Gasteiger partial charge in [0.05, 0.1) is 6.04 Å². The lowest BCUT2D eigenvalue weighted by molar-refractivity contribution is 0.101. The van der Waals surface area contributed by atoms with E-state index in [0.29, 0.717) is 0 Å². The number of benzene rings is 1. The number of nitrogens with one attached hydrogen (secondary N) is 1. The number of rotatable bonds is 4. The molecule has 1 aromatic heterocycles. The second-order valence-corrected chi connectivity index (χ2v) is 6.84. The van der Waals surface area contributed by atoms with Crippen LogP contribution in [-0.4, -0.2) is 30.6 Å². The topological polar surface area (TPSA) is 28.4 Å². The first-order chi connectivity index (χ1) is 10.0. The van der Waals surface area contributed by atoms with Crippen molar-refractivity contribution in [1.29, 1.82) is 0 Å². The van der Waals surface area contributed by atoms with Crippen LogP contribution in [0.1, 0.15) is 38.5 Å². The SMILES string of the molecule is CNC(c1cc2cc(Cl)ccc2o1)C(C)(C)N1CCCC1. The Labute approximate surface area is 131 Å². The van der Waals surface area contributed by atoms with Gasteiger partial charge in [-0.1, -0.05) is 11.6 Å². The zero-order valence-electron chi connectivity index (χ0n) is 12.9. The highest BCUT2D eigenvalue weighted by Crippen LogP contribution is 2.36. The molecule has 1 fully saturated rings. The molecule has 2 aromatic rings. The Bertz CT molecular complexity index is 629. The van der Waals surface area contributed by atoms with E-state index in [1.807, 2.05) is 25.2 Å². The number of halogens is 1. The van der Waals surface area contributed by atoms with Gasteiger partial charge in [-0.3, -0.25) is 4.90 Å². The summed E-state index contributed by atoms with van der Waals surface area (Å²) in [4.78, 5) is 2.55. The van der Waals surface area contributed by atoms with Crippen LogP contribution in [0.2, 0.25) is 5.02 Å². The summed E-state index contributed by atoms with van der Waals surface area (Å²) >= 11 is 6.07. The number of nitrogens with zero attached hydrogens (tertiary/aromatic N) is 1. The molecule has 0 amide bonds. The smallest absolute Gasteiger partial charge is 0.134 e. The highest BCUT2D eigenvalue weighted by Gasteiger charge is 2.38. The van der Waals surface area contributed by atoms with Crippen molar-refractivity contribution < 1.29 is 4.42 Å². The van der Waals surface area contributed by atoms with Crippen molar-refractivity contribution in [2.75, 3.05) is 20.1 Å². The molecule has 114 valence electrons. The fourth-order valence-electron chi connectivity index (χ4n) is 3.50. The molecule has 1 unspecified atom stereocenters. The van der Waals surface area contributed by atoms with Gasteiger partial charge >= 0.3 is 0 Å².